The van der Waals surface area contributed by atoms with Gasteiger partial charge in [-0.05, 0) is 41.5 Å². The Kier molecular flexibility index (Phi) is 4.59. The maximum absolute atomic E-state index is 12.6. The minimum atomic E-state index is 0.00631. The summed E-state index contributed by atoms with van der Waals surface area (Å²) in [6.07, 6.45) is 9.47. The third kappa shape index (κ3) is 3.53. The minimum absolute atomic E-state index is 0.00631. The molecule has 2 atom stereocenters. The molecule has 2 aliphatic rings. The van der Waals surface area contributed by atoms with Gasteiger partial charge in [0.05, 0.1) is 0 Å². The van der Waals surface area contributed by atoms with Crippen molar-refractivity contribution in [1.29, 1.82) is 5.41 Å². The number of allylic oxidation sites excluding steroid dienone is 1. The van der Waals surface area contributed by atoms with Crippen LogP contribution in [0.3, 0.4) is 0 Å². The summed E-state index contributed by atoms with van der Waals surface area (Å²) < 4.78 is 0. The molecular formula is C22H22N4O. The molecule has 2 aromatic rings. The zero-order valence-electron chi connectivity index (χ0n) is 15.0. The Labute approximate surface area is 158 Å². The number of anilines is 1. The number of pyridine rings is 1. The van der Waals surface area contributed by atoms with E-state index in [0.29, 0.717) is 23.2 Å². The Morgan fingerprint density at radius 1 is 1.22 bits per heavy atom. The zero-order chi connectivity index (χ0) is 18.8. The number of nitrogens with two attached hydrogens (primary N) is 1. The fraction of sp³-hybridized carbons (Fsp3) is 0.227. The molecule has 0 spiro atoms. The van der Waals surface area contributed by atoms with E-state index in [0.717, 1.165) is 25.1 Å². The van der Waals surface area contributed by atoms with Crippen molar-refractivity contribution in [3.63, 3.8) is 0 Å². The number of nitrogen functional groups attached to an aromatic ring is 1. The SMILES string of the molecule is N=Cc1cc(N)ncc1/C=C/C(=O)N1CC2C=C(c3ccccc3)CC2C1. The molecule has 136 valence electrons. The maximum atomic E-state index is 12.6. The molecule has 27 heavy (non-hydrogen) atoms. The summed E-state index contributed by atoms with van der Waals surface area (Å²) in [5, 5.41) is 7.47. The van der Waals surface area contributed by atoms with Crippen molar-refractivity contribution in [3.05, 3.63) is 71.4 Å². The first-order valence-electron chi connectivity index (χ1n) is 9.13. The molecule has 1 aromatic heterocycles. The lowest BCUT2D eigenvalue weighted by Crippen LogP contribution is -2.27. The average molecular weight is 358 g/mol. The quantitative estimate of drug-likeness (QED) is 0.650. The van der Waals surface area contributed by atoms with Crippen LogP contribution in [0.15, 0.2) is 54.7 Å². The molecule has 1 aliphatic carbocycles. The highest BCUT2D eigenvalue weighted by atomic mass is 16.2. The number of rotatable bonds is 4. The van der Waals surface area contributed by atoms with Crippen molar-refractivity contribution >= 4 is 29.6 Å². The Hall–Kier alpha value is -3.21. The lowest BCUT2D eigenvalue weighted by Gasteiger charge is -2.15. The summed E-state index contributed by atoms with van der Waals surface area (Å²) in [5.41, 5.74) is 9.71. The molecule has 0 bridgehead atoms. The first-order valence-corrected chi connectivity index (χ1v) is 9.13. The maximum Gasteiger partial charge on any atom is 0.246 e. The normalized spacial score (nSPS) is 21.3. The zero-order valence-corrected chi connectivity index (χ0v) is 15.0. The third-order valence-electron chi connectivity index (χ3n) is 5.40. The number of fused-ring (bicyclic) bond motifs is 1. The minimum Gasteiger partial charge on any atom is -0.384 e. The van der Waals surface area contributed by atoms with E-state index in [1.54, 1.807) is 24.4 Å². The van der Waals surface area contributed by atoms with Crippen molar-refractivity contribution in [3.8, 4) is 0 Å². The smallest absolute Gasteiger partial charge is 0.246 e. The van der Waals surface area contributed by atoms with E-state index in [2.05, 4.69) is 35.3 Å². The monoisotopic (exact) mass is 358 g/mol. The number of nitrogens with one attached hydrogen (secondary N) is 1. The Balaban J connectivity index is 1.42. The van der Waals surface area contributed by atoms with Crippen LogP contribution in [-0.4, -0.2) is 35.1 Å². The van der Waals surface area contributed by atoms with Crippen LogP contribution in [0.1, 0.15) is 23.1 Å². The van der Waals surface area contributed by atoms with Gasteiger partial charge in [0.15, 0.2) is 0 Å². The van der Waals surface area contributed by atoms with Gasteiger partial charge in [0.25, 0.3) is 0 Å². The van der Waals surface area contributed by atoms with Crippen LogP contribution in [0.4, 0.5) is 5.82 Å². The average Bonchev–Trinajstić information content (AvgIpc) is 3.26. The van der Waals surface area contributed by atoms with E-state index < -0.39 is 0 Å². The largest absolute Gasteiger partial charge is 0.384 e. The number of aromatic nitrogens is 1. The van der Waals surface area contributed by atoms with E-state index in [-0.39, 0.29) is 5.91 Å². The number of benzene rings is 1. The van der Waals surface area contributed by atoms with Gasteiger partial charge in [0.2, 0.25) is 5.91 Å². The van der Waals surface area contributed by atoms with Gasteiger partial charge < -0.3 is 16.0 Å². The van der Waals surface area contributed by atoms with Gasteiger partial charge in [-0.1, -0.05) is 36.4 Å². The Morgan fingerprint density at radius 2 is 2.04 bits per heavy atom. The fourth-order valence-electron chi connectivity index (χ4n) is 3.99. The molecule has 5 nitrogen and oxygen atoms in total. The molecule has 0 radical (unpaired) electrons. The molecule has 0 saturated carbocycles. The fourth-order valence-corrected chi connectivity index (χ4v) is 3.99. The molecule has 1 amide bonds. The van der Waals surface area contributed by atoms with Crippen molar-refractivity contribution in [2.75, 3.05) is 18.8 Å². The van der Waals surface area contributed by atoms with Gasteiger partial charge in [-0.3, -0.25) is 4.79 Å². The van der Waals surface area contributed by atoms with Gasteiger partial charge in [0, 0.05) is 42.7 Å². The van der Waals surface area contributed by atoms with Gasteiger partial charge in [-0.25, -0.2) is 4.98 Å². The van der Waals surface area contributed by atoms with E-state index in [1.165, 1.54) is 17.4 Å². The summed E-state index contributed by atoms with van der Waals surface area (Å²) in [7, 11) is 0. The topological polar surface area (TPSA) is 83.1 Å². The number of carbonyl (C=O) groups is 1. The van der Waals surface area contributed by atoms with E-state index >= 15 is 0 Å². The van der Waals surface area contributed by atoms with E-state index in [9.17, 15) is 4.79 Å². The predicted octanol–water partition coefficient (Wildman–Crippen LogP) is 3.24. The van der Waals surface area contributed by atoms with Crippen molar-refractivity contribution in [2.45, 2.75) is 6.42 Å². The molecule has 2 unspecified atom stereocenters. The van der Waals surface area contributed by atoms with Crippen molar-refractivity contribution < 1.29 is 4.79 Å². The molecule has 1 fully saturated rings. The first kappa shape index (κ1) is 17.2. The van der Waals surface area contributed by atoms with Crippen LogP contribution in [0.25, 0.3) is 11.6 Å². The molecule has 1 aliphatic heterocycles. The van der Waals surface area contributed by atoms with Gasteiger partial charge in [-0.2, -0.15) is 0 Å². The van der Waals surface area contributed by atoms with Crippen LogP contribution in [0.2, 0.25) is 0 Å². The highest BCUT2D eigenvalue weighted by Gasteiger charge is 2.37. The second-order valence-electron chi connectivity index (χ2n) is 7.14. The van der Waals surface area contributed by atoms with E-state index in [1.807, 2.05) is 11.0 Å². The highest BCUT2D eigenvalue weighted by Crippen LogP contribution is 2.40. The third-order valence-corrected chi connectivity index (χ3v) is 5.40. The number of hydrogen-bond acceptors (Lipinski definition) is 4. The lowest BCUT2D eigenvalue weighted by atomic mass is 9.98. The number of likely N-dealkylation sites (tertiary alicyclic amines) is 1. The van der Waals surface area contributed by atoms with Crippen LogP contribution < -0.4 is 5.73 Å². The molecule has 3 N–H and O–H groups in total. The summed E-state index contributed by atoms with van der Waals surface area (Å²) in [6, 6.07) is 12.1. The van der Waals surface area contributed by atoms with E-state index in [4.69, 9.17) is 11.1 Å². The number of carbonyl (C=O) groups excluding carboxylic acids is 1. The summed E-state index contributed by atoms with van der Waals surface area (Å²) in [6.45, 7) is 1.56. The molecule has 2 heterocycles. The van der Waals surface area contributed by atoms with Gasteiger partial charge in [0.1, 0.15) is 5.82 Å². The molecule has 4 rings (SSSR count). The summed E-state index contributed by atoms with van der Waals surface area (Å²) in [4.78, 5) is 18.5. The number of amides is 1. The first-order chi connectivity index (χ1) is 13.1. The highest BCUT2D eigenvalue weighted by molar-refractivity contribution is 5.94. The van der Waals surface area contributed by atoms with Crippen LogP contribution in [0, 0.1) is 17.2 Å². The second kappa shape index (κ2) is 7.19. The summed E-state index contributed by atoms with van der Waals surface area (Å²) in [5.74, 6) is 1.32. The van der Waals surface area contributed by atoms with Crippen LogP contribution >= 0.6 is 0 Å². The summed E-state index contributed by atoms with van der Waals surface area (Å²) >= 11 is 0. The number of hydrogen-bond donors (Lipinski definition) is 2. The standard InChI is InChI=1S/C22H22N4O/c23-11-18-10-21(24)25-12-16(18)6-7-22(27)26-13-19-8-17(9-20(19)14-26)15-4-2-1-3-5-15/h1-8,10-12,19-20,23H,9,13-14H2,(H2,24,25)/b7-6+,23-11?. The van der Waals surface area contributed by atoms with Crippen molar-refractivity contribution in [2.24, 2.45) is 11.8 Å². The van der Waals surface area contributed by atoms with Crippen LogP contribution in [0.5, 0.6) is 0 Å². The molecule has 1 saturated heterocycles. The van der Waals surface area contributed by atoms with Crippen LogP contribution in [-0.2, 0) is 4.79 Å². The predicted molar refractivity (Wildman–Crippen MR) is 108 cm³/mol. The molecule has 5 heteroatoms. The Bertz CT molecular complexity index is 933. The Morgan fingerprint density at radius 3 is 2.78 bits per heavy atom. The lowest BCUT2D eigenvalue weighted by molar-refractivity contribution is -0.125. The number of nitrogens with zero attached hydrogens (tertiary/aromatic N) is 2. The second-order valence-corrected chi connectivity index (χ2v) is 7.14. The van der Waals surface area contributed by atoms with Crippen molar-refractivity contribution in [1.82, 2.24) is 9.88 Å². The molecule has 1 aromatic carbocycles. The van der Waals surface area contributed by atoms with Gasteiger partial charge in [-0.15, -0.1) is 0 Å². The van der Waals surface area contributed by atoms with Gasteiger partial charge >= 0.3 is 0 Å². The molecular weight excluding hydrogens is 336 g/mol.